The van der Waals surface area contributed by atoms with Crippen LogP contribution in [-0.2, 0) is 23.9 Å². The van der Waals surface area contributed by atoms with E-state index in [1.807, 2.05) is 91.0 Å². The van der Waals surface area contributed by atoms with Crippen LogP contribution in [0.5, 0.6) is 0 Å². The Morgan fingerprint density at radius 2 is 1.22 bits per heavy atom. The maximum absolute atomic E-state index is 12.8. The molecule has 0 saturated heterocycles. The number of hydrogen-bond acceptors (Lipinski definition) is 5. The van der Waals surface area contributed by atoms with Crippen LogP contribution in [0.15, 0.2) is 91.0 Å². The first-order valence-electron chi connectivity index (χ1n) is 11.2. The highest BCUT2D eigenvalue weighted by Gasteiger charge is 2.37. The van der Waals surface area contributed by atoms with E-state index in [-0.39, 0.29) is 5.75 Å². The minimum Gasteiger partial charge on any atom is -0.480 e. The summed E-state index contributed by atoms with van der Waals surface area (Å²) < 4.78 is -0.695. The SMILES string of the molecule is NC(=O)C[C@H](NC(=O)CNC(=O)CSC(c1ccccc1)(c1ccccc1)c1ccccc1)C(=O)O. The van der Waals surface area contributed by atoms with Gasteiger partial charge < -0.3 is 21.5 Å². The zero-order valence-electron chi connectivity index (χ0n) is 19.4. The fraction of sp³-hybridized carbons (Fsp3) is 0.185. The van der Waals surface area contributed by atoms with Gasteiger partial charge in [-0.15, -0.1) is 11.8 Å². The summed E-state index contributed by atoms with van der Waals surface area (Å²) in [6.07, 6.45) is -0.543. The van der Waals surface area contributed by atoms with Gasteiger partial charge in [-0.2, -0.15) is 0 Å². The van der Waals surface area contributed by atoms with E-state index in [9.17, 15) is 19.2 Å². The monoisotopic (exact) mass is 505 g/mol. The predicted molar refractivity (Wildman–Crippen MR) is 138 cm³/mol. The lowest BCUT2D eigenvalue weighted by Crippen LogP contribution is -2.47. The Bertz CT molecular complexity index is 1090. The normalized spacial score (nSPS) is 11.8. The molecule has 0 heterocycles. The van der Waals surface area contributed by atoms with Crippen molar-refractivity contribution in [1.82, 2.24) is 10.6 Å². The van der Waals surface area contributed by atoms with Crippen LogP contribution >= 0.6 is 11.8 Å². The van der Waals surface area contributed by atoms with Gasteiger partial charge in [0.15, 0.2) is 0 Å². The van der Waals surface area contributed by atoms with Crippen LogP contribution in [0.1, 0.15) is 23.1 Å². The summed E-state index contributed by atoms with van der Waals surface area (Å²) in [6.45, 7) is -0.434. The number of aliphatic carboxylic acids is 1. The maximum Gasteiger partial charge on any atom is 0.326 e. The minimum atomic E-state index is -1.46. The molecule has 0 saturated carbocycles. The highest BCUT2D eigenvalue weighted by molar-refractivity contribution is 8.01. The zero-order valence-corrected chi connectivity index (χ0v) is 20.2. The van der Waals surface area contributed by atoms with Gasteiger partial charge in [0.2, 0.25) is 17.7 Å². The van der Waals surface area contributed by atoms with Crippen LogP contribution in [-0.4, -0.2) is 47.1 Å². The molecule has 36 heavy (non-hydrogen) atoms. The fourth-order valence-electron chi connectivity index (χ4n) is 3.82. The van der Waals surface area contributed by atoms with Crippen LogP contribution < -0.4 is 16.4 Å². The highest BCUT2D eigenvalue weighted by atomic mass is 32.2. The molecular formula is C27H27N3O5S. The topological polar surface area (TPSA) is 139 Å². The van der Waals surface area contributed by atoms with E-state index in [1.165, 1.54) is 11.8 Å². The molecule has 0 unspecified atom stereocenters. The molecule has 0 spiro atoms. The smallest absolute Gasteiger partial charge is 0.326 e. The molecule has 0 radical (unpaired) electrons. The maximum atomic E-state index is 12.8. The number of rotatable bonds is 12. The van der Waals surface area contributed by atoms with Gasteiger partial charge in [0.1, 0.15) is 6.04 Å². The van der Waals surface area contributed by atoms with Crippen molar-refractivity contribution in [2.45, 2.75) is 17.2 Å². The molecular weight excluding hydrogens is 478 g/mol. The van der Waals surface area contributed by atoms with E-state index in [0.29, 0.717) is 0 Å². The Morgan fingerprint density at radius 3 is 1.61 bits per heavy atom. The van der Waals surface area contributed by atoms with Crippen molar-refractivity contribution in [3.63, 3.8) is 0 Å². The first-order valence-corrected chi connectivity index (χ1v) is 12.2. The molecule has 0 aliphatic heterocycles. The minimum absolute atomic E-state index is 0.0234. The van der Waals surface area contributed by atoms with E-state index in [2.05, 4.69) is 10.6 Å². The first-order chi connectivity index (χ1) is 17.3. The van der Waals surface area contributed by atoms with E-state index in [0.717, 1.165) is 16.7 Å². The van der Waals surface area contributed by atoms with Crippen molar-refractivity contribution >= 4 is 35.5 Å². The number of nitrogens with two attached hydrogens (primary N) is 1. The Hall–Kier alpha value is -4.11. The van der Waals surface area contributed by atoms with Crippen molar-refractivity contribution in [3.05, 3.63) is 108 Å². The van der Waals surface area contributed by atoms with Gasteiger partial charge >= 0.3 is 5.97 Å². The molecule has 0 aliphatic rings. The number of nitrogens with one attached hydrogen (secondary N) is 2. The van der Waals surface area contributed by atoms with Crippen LogP contribution in [0.3, 0.4) is 0 Å². The lowest BCUT2D eigenvalue weighted by atomic mass is 9.84. The number of carboxylic acid groups (broad SMARTS) is 1. The molecule has 186 valence electrons. The zero-order chi connectivity index (χ0) is 26.0. The van der Waals surface area contributed by atoms with Crippen molar-refractivity contribution in [3.8, 4) is 0 Å². The summed E-state index contributed by atoms with van der Waals surface area (Å²) in [5.74, 6) is -3.36. The number of benzene rings is 3. The molecule has 1 atom stereocenters. The average molecular weight is 506 g/mol. The van der Waals surface area contributed by atoms with Gasteiger partial charge in [-0.1, -0.05) is 91.0 Å². The molecule has 3 amide bonds. The number of carbonyl (C=O) groups is 4. The molecule has 8 nitrogen and oxygen atoms in total. The van der Waals surface area contributed by atoms with Gasteiger partial charge in [0.05, 0.1) is 23.5 Å². The number of thioether (sulfide) groups is 1. The van der Waals surface area contributed by atoms with Gasteiger partial charge in [-0.25, -0.2) is 4.79 Å². The average Bonchev–Trinajstić information content (AvgIpc) is 2.89. The van der Waals surface area contributed by atoms with Crippen LogP contribution in [0.4, 0.5) is 0 Å². The van der Waals surface area contributed by atoms with E-state index in [4.69, 9.17) is 10.8 Å². The molecule has 3 aromatic carbocycles. The molecule has 5 N–H and O–H groups in total. The van der Waals surface area contributed by atoms with Gasteiger partial charge in [0.25, 0.3) is 0 Å². The first kappa shape index (κ1) is 26.5. The van der Waals surface area contributed by atoms with E-state index >= 15 is 0 Å². The number of primary amides is 1. The van der Waals surface area contributed by atoms with Gasteiger partial charge in [0, 0.05) is 0 Å². The van der Waals surface area contributed by atoms with Crippen LogP contribution in [0, 0.1) is 0 Å². The molecule has 0 aromatic heterocycles. The molecule has 0 aliphatic carbocycles. The Labute approximate surface area is 213 Å². The number of carboxylic acids is 1. The lowest BCUT2D eigenvalue weighted by Gasteiger charge is -2.35. The summed E-state index contributed by atoms with van der Waals surface area (Å²) in [6, 6.07) is 28.1. The Balaban J connectivity index is 1.79. The third kappa shape index (κ3) is 6.73. The van der Waals surface area contributed by atoms with Gasteiger partial charge in [-0.05, 0) is 16.7 Å². The van der Waals surface area contributed by atoms with Crippen molar-refractivity contribution < 1.29 is 24.3 Å². The number of hydrogen-bond donors (Lipinski definition) is 4. The number of carbonyl (C=O) groups excluding carboxylic acids is 3. The Morgan fingerprint density at radius 1 is 0.778 bits per heavy atom. The largest absolute Gasteiger partial charge is 0.480 e. The van der Waals surface area contributed by atoms with Gasteiger partial charge in [-0.3, -0.25) is 14.4 Å². The highest BCUT2D eigenvalue weighted by Crippen LogP contribution is 2.48. The summed E-state index contributed by atoms with van der Waals surface area (Å²) in [4.78, 5) is 47.2. The quantitative estimate of drug-likeness (QED) is 0.279. The summed E-state index contributed by atoms with van der Waals surface area (Å²) in [5.41, 5.74) is 8.01. The molecule has 9 heteroatoms. The second-order valence-electron chi connectivity index (χ2n) is 7.97. The third-order valence-electron chi connectivity index (χ3n) is 5.45. The molecule has 3 aromatic rings. The predicted octanol–water partition coefficient (Wildman–Crippen LogP) is 2.27. The van der Waals surface area contributed by atoms with E-state index in [1.54, 1.807) is 0 Å². The molecule has 3 rings (SSSR count). The molecule has 0 fully saturated rings. The number of amides is 3. The summed E-state index contributed by atoms with van der Waals surface area (Å²) in [5, 5.41) is 13.9. The van der Waals surface area contributed by atoms with Crippen LogP contribution in [0.25, 0.3) is 0 Å². The fourth-order valence-corrected chi connectivity index (χ4v) is 5.18. The summed E-state index contributed by atoms with van der Waals surface area (Å²) >= 11 is 1.42. The van der Waals surface area contributed by atoms with Crippen molar-refractivity contribution in [2.75, 3.05) is 12.3 Å². The lowest BCUT2D eigenvalue weighted by molar-refractivity contribution is -0.143. The Kier molecular flexibility index (Phi) is 9.24. The van der Waals surface area contributed by atoms with Crippen molar-refractivity contribution in [1.29, 1.82) is 0 Å². The second kappa shape index (κ2) is 12.6. The van der Waals surface area contributed by atoms with E-state index < -0.39 is 47.4 Å². The third-order valence-corrected chi connectivity index (χ3v) is 6.99. The van der Waals surface area contributed by atoms with Crippen molar-refractivity contribution in [2.24, 2.45) is 5.73 Å². The second-order valence-corrected chi connectivity index (χ2v) is 9.16. The molecule has 0 bridgehead atoms. The summed E-state index contributed by atoms with van der Waals surface area (Å²) in [7, 11) is 0. The van der Waals surface area contributed by atoms with Crippen LogP contribution in [0.2, 0.25) is 0 Å². The standard InChI is InChI=1S/C27H27N3O5S/c28-23(31)16-22(26(34)35)30-24(32)17-29-25(33)18-36-27(19-10-4-1-5-11-19,20-12-6-2-7-13-20)21-14-8-3-9-15-21/h1-15,22H,16-18H2,(H2,28,31)(H,29,33)(H,30,32)(H,34,35)/t22-/m0/s1.